The summed E-state index contributed by atoms with van der Waals surface area (Å²) in [5.41, 5.74) is 6.65. The van der Waals surface area contributed by atoms with Crippen molar-refractivity contribution in [1.82, 2.24) is 37.6 Å². The van der Waals surface area contributed by atoms with E-state index in [0.717, 1.165) is 50.4 Å². The second kappa shape index (κ2) is 27.5. The van der Waals surface area contributed by atoms with Gasteiger partial charge in [-0.3, -0.25) is 23.8 Å². The maximum absolute atomic E-state index is 14.0. The Bertz CT molecular complexity index is 4590. The fraction of sp³-hybridized carbons (Fsp3) is 0.250. The molecule has 0 fully saturated rings. The van der Waals surface area contributed by atoms with E-state index in [1.807, 2.05) is 109 Å². The molecule has 0 saturated carbocycles. The Balaban J connectivity index is 0.000000138. The zero-order valence-electron chi connectivity index (χ0n) is 48.3. The van der Waals surface area contributed by atoms with Crippen molar-refractivity contribution in [3.8, 4) is 0 Å². The van der Waals surface area contributed by atoms with Gasteiger partial charge in [-0.2, -0.15) is 26.4 Å². The highest BCUT2D eigenvalue weighted by Crippen LogP contribution is 2.33. The SMILES string of the molecule is CS(=O)(=O)OC[C@@H]1COCc2ccccc2CN1S(=O)(=O)c1cccc2cccnc12.O=S(=O)(c1cccc2cccnc12)N1Cc2ccccc2COC[C@H]1CO.O=S(=O)(c1cccc2cccnc12)N1Cc2ccccc2COC[C@H]1Cn1cccn1. The lowest BCUT2D eigenvalue weighted by Crippen LogP contribution is -2.46. The third-order valence-electron chi connectivity index (χ3n) is 15.4. The predicted molar refractivity (Wildman–Crippen MR) is 333 cm³/mol. The fourth-order valence-corrected chi connectivity index (χ4v) is 16.6. The first-order chi connectivity index (χ1) is 43.0. The minimum Gasteiger partial charge on any atom is -0.395 e. The first-order valence-electron chi connectivity index (χ1n) is 28.4. The molecule has 0 aliphatic carbocycles. The van der Waals surface area contributed by atoms with Gasteiger partial charge in [-0.1, -0.05) is 127 Å². The molecular formula is C64H64N8O13S4. The van der Waals surface area contributed by atoms with Crippen molar-refractivity contribution in [3.63, 3.8) is 0 Å². The summed E-state index contributed by atoms with van der Waals surface area (Å²) in [6.45, 7) is 1.76. The maximum Gasteiger partial charge on any atom is 0.264 e. The van der Waals surface area contributed by atoms with E-state index in [9.17, 15) is 38.8 Å². The van der Waals surface area contributed by atoms with E-state index in [-0.39, 0.29) is 67.4 Å². The van der Waals surface area contributed by atoms with Gasteiger partial charge in [-0.15, -0.1) is 0 Å². The predicted octanol–water partition coefficient (Wildman–Crippen LogP) is 7.84. The number of benzene rings is 6. The molecule has 0 radical (unpaired) electrons. The van der Waals surface area contributed by atoms with Crippen LogP contribution in [0.1, 0.15) is 33.4 Å². The van der Waals surface area contributed by atoms with Crippen molar-refractivity contribution < 1.29 is 57.2 Å². The average molecular weight is 1280 g/mol. The lowest BCUT2D eigenvalue weighted by atomic mass is 10.1. The molecule has 25 heteroatoms. The third-order valence-corrected chi connectivity index (χ3v) is 21.8. The number of pyridine rings is 3. The molecule has 0 saturated heterocycles. The quantitative estimate of drug-likeness (QED) is 0.114. The molecule has 7 heterocycles. The maximum atomic E-state index is 14.0. The molecule has 3 aliphatic rings. The number of ether oxygens (including phenoxy) is 3. The van der Waals surface area contributed by atoms with Crippen LogP contribution < -0.4 is 0 Å². The minimum absolute atomic E-state index is 0.0126. The molecular weight excluding hydrogens is 1220 g/mol. The molecule has 0 unspecified atom stereocenters. The van der Waals surface area contributed by atoms with Gasteiger partial charge in [0.1, 0.15) is 14.7 Å². The number of nitrogens with zero attached hydrogens (tertiary/aromatic N) is 8. The van der Waals surface area contributed by atoms with Crippen LogP contribution in [0.2, 0.25) is 0 Å². The van der Waals surface area contributed by atoms with Crippen LogP contribution in [0.15, 0.2) is 216 Å². The fourth-order valence-electron chi connectivity index (χ4n) is 10.9. The number of fused-ring (bicyclic) bond motifs is 6. The number of hydrogen-bond donors (Lipinski definition) is 1. The Hall–Kier alpha value is -7.76. The van der Waals surface area contributed by atoms with Gasteiger partial charge in [-0.25, -0.2) is 25.3 Å². The zero-order chi connectivity index (χ0) is 62.2. The molecule has 10 aromatic rings. The Morgan fingerprint density at radius 3 is 1.18 bits per heavy atom. The lowest BCUT2D eigenvalue weighted by molar-refractivity contribution is 0.0437. The summed E-state index contributed by atoms with van der Waals surface area (Å²) >= 11 is 0. The lowest BCUT2D eigenvalue weighted by Gasteiger charge is -2.33. The van der Waals surface area contributed by atoms with Gasteiger partial charge in [0, 0.05) is 66.8 Å². The first-order valence-corrected chi connectivity index (χ1v) is 34.6. The Morgan fingerprint density at radius 2 is 0.798 bits per heavy atom. The van der Waals surface area contributed by atoms with Gasteiger partial charge in [0.15, 0.2) is 0 Å². The average Bonchev–Trinajstić information content (AvgIpc) is 1.03. The topological polar surface area (TPSA) is 260 Å². The van der Waals surface area contributed by atoms with E-state index < -0.39 is 58.3 Å². The first kappa shape index (κ1) is 62.8. The normalized spacial score (nSPS) is 18.2. The molecule has 13 rings (SSSR count). The molecule has 0 spiro atoms. The van der Waals surface area contributed by atoms with Gasteiger partial charge in [-0.05, 0) is 75.8 Å². The van der Waals surface area contributed by atoms with Gasteiger partial charge >= 0.3 is 0 Å². The molecule has 0 amide bonds. The smallest absolute Gasteiger partial charge is 0.264 e. The number of rotatable bonds is 12. The number of hydrogen-bond acceptors (Lipinski definition) is 17. The molecule has 462 valence electrons. The highest BCUT2D eigenvalue weighted by Gasteiger charge is 2.38. The van der Waals surface area contributed by atoms with Crippen LogP contribution in [0.25, 0.3) is 32.7 Å². The number of aliphatic hydroxyl groups is 1. The van der Waals surface area contributed by atoms with Crippen LogP contribution in [-0.2, 0) is 105 Å². The van der Waals surface area contributed by atoms with Crippen molar-refractivity contribution in [2.75, 3.05) is 39.3 Å². The van der Waals surface area contributed by atoms with Crippen LogP contribution >= 0.6 is 0 Å². The van der Waals surface area contributed by atoms with Crippen LogP contribution in [0.4, 0.5) is 0 Å². The zero-order valence-corrected chi connectivity index (χ0v) is 51.6. The van der Waals surface area contributed by atoms with Gasteiger partial charge < -0.3 is 19.3 Å². The van der Waals surface area contributed by atoms with Crippen LogP contribution in [0.5, 0.6) is 0 Å². The largest absolute Gasteiger partial charge is 0.395 e. The van der Waals surface area contributed by atoms with Crippen molar-refractivity contribution in [2.45, 2.75) is 78.8 Å². The van der Waals surface area contributed by atoms with Crippen molar-refractivity contribution >= 4 is 72.9 Å². The molecule has 3 atom stereocenters. The van der Waals surface area contributed by atoms with Crippen molar-refractivity contribution in [2.24, 2.45) is 0 Å². The second-order valence-corrected chi connectivity index (χ2v) is 28.6. The van der Waals surface area contributed by atoms with Gasteiger partial charge in [0.25, 0.3) is 10.1 Å². The molecule has 0 bridgehead atoms. The van der Waals surface area contributed by atoms with E-state index in [0.29, 0.717) is 48.3 Å². The number of sulfonamides is 3. The highest BCUT2D eigenvalue weighted by molar-refractivity contribution is 7.90. The van der Waals surface area contributed by atoms with E-state index >= 15 is 0 Å². The van der Waals surface area contributed by atoms with Gasteiger partial charge in [0.05, 0.1) is 100 Å². The molecule has 4 aromatic heterocycles. The van der Waals surface area contributed by atoms with Crippen molar-refractivity contribution in [1.29, 1.82) is 0 Å². The number of aliphatic hydroxyl groups excluding tert-OH is 1. The van der Waals surface area contributed by atoms with Crippen LogP contribution in [0, 0.1) is 0 Å². The van der Waals surface area contributed by atoms with E-state index in [1.54, 1.807) is 83.9 Å². The molecule has 1 N–H and O–H groups in total. The van der Waals surface area contributed by atoms with Crippen LogP contribution in [-0.4, -0.2) is 134 Å². The summed E-state index contributed by atoms with van der Waals surface area (Å²) < 4.78 is 134. The second-order valence-electron chi connectivity index (χ2n) is 21.4. The summed E-state index contributed by atoms with van der Waals surface area (Å²) in [5, 5.41) is 16.4. The summed E-state index contributed by atoms with van der Waals surface area (Å²) in [7, 11) is -15.6. The standard InChI is InChI=1S/C23H22N4O3S.C21H22N2O6S2.C20H20N2O4S/c28-31(29,22-10-3-8-18-9-4-11-24-23(18)22)27-14-19-6-1-2-7-20(19)16-30-17-21(27)15-26-13-5-12-25-26;1-30(24,25)29-15-19-14-28-13-18-7-3-2-6-17(18)12-23(19)31(26,27)20-10-4-8-16-9-5-11-22-21(16)20;23-12-18-14-26-13-17-6-2-1-5-16(17)11-22(18)27(24,25)19-9-3-7-15-8-4-10-21-20(15)19/h1-13,21H,14-17H2;2-11,19H,12-15H2,1H3;1-10,18,23H,11-14H2/t21-;19-;18-/m101/s1. The van der Waals surface area contributed by atoms with Gasteiger partial charge in [0.2, 0.25) is 30.1 Å². The molecule has 89 heavy (non-hydrogen) atoms. The summed E-state index contributed by atoms with van der Waals surface area (Å²) in [6, 6.07) is 48.8. The third kappa shape index (κ3) is 14.3. The molecule has 6 aromatic carbocycles. The van der Waals surface area contributed by atoms with E-state index in [2.05, 4.69) is 20.1 Å². The van der Waals surface area contributed by atoms with E-state index in [4.69, 9.17) is 18.4 Å². The minimum atomic E-state index is -4.07. The highest BCUT2D eigenvalue weighted by atomic mass is 32.2. The Labute approximate surface area is 517 Å². The summed E-state index contributed by atoms with van der Waals surface area (Å²) in [5.74, 6) is 0. The number of para-hydroxylation sites is 3. The van der Waals surface area contributed by atoms with Crippen LogP contribution in [0.3, 0.4) is 0 Å². The molecule has 21 nitrogen and oxygen atoms in total. The monoisotopic (exact) mass is 1280 g/mol. The van der Waals surface area contributed by atoms with E-state index in [1.165, 1.54) is 25.2 Å². The Morgan fingerprint density at radius 1 is 0.438 bits per heavy atom. The summed E-state index contributed by atoms with van der Waals surface area (Å²) in [6.07, 6.45) is 9.19. The molecule has 3 aliphatic heterocycles. The number of aromatic nitrogens is 5. The Kier molecular flexibility index (Phi) is 19.4. The summed E-state index contributed by atoms with van der Waals surface area (Å²) in [4.78, 5) is 13.3. The van der Waals surface area contributed by atoms with Crippen molar-refractivity contribution in [3.05, 3.63) is 234 Å².